The highest BCUT2D eigenvalue weighted by Crippen LogP contribution is 2.43. The van der Waals surface area contributed by atoms with Gasteiger partial charge in [0.05, 0.1) is 0 Å². The monoisotopic (exact) mass is 392 g/mol. The lowest BCUT2D eigenvalue weighted by Crippen LogP contribution is -2.49. The van der Waals surface area contributed by atoms with Crippen molar-refractivity contribution in [2.45, 2.75) is 70.5 Å². The van der Waals surface area contributed by atoms with Crippen LogP contribution in [0, 0.1) is 5.41 Å². The van der Waals surface area contributed by atoms with Crippen LogP contribution in [0.25, 0.3) is 0 Å². The number of ether oxygens (including phenoxy) is 2. The number of hydrogen-bond acceptors (Lipinski definition) is 4. The third-order valence-corrected chi connectivity index (χ3v) is 8.38. The first-order chi connectivity index (χ1) is 11.9. The molecular weight excluding hydrogens is 360 g/mol. The van der Waals surface area contributed by atoms with E-state index < -0.39 is 39.8 Å². The summed E-state index contributed by atoms with van der Waals surface area (Å²) >= 11 is 0. The summed E-state index contributed by atoms with van der Waals surface area (Å²) in [5.74, 6) is -0.807. The third kappa shape index (κ3) is 5.30. The number of cyclic esters (lactones) is 2. The molecular formula is C20H32O4Si2. The molecule has 0 bridgehead atoms. The standard InChI is InChI=1S/C20H32O4Si2/c1-25(2,3)14-12-20(13-15-26(4,5)6)18(21)23-17(24-19(20)22)16-10-8-7-9-11-16/h7-11,17H,12-15H2,1-6H3. The molecule has 144 valence electrons. The molecule has 6 heteroatoms. The van der Waals surface area contributed by atoms with Gasteiger partial charge in [-0.15, -0.1) is 0 Å². The van der Waals surface area contributed by atoms with E-state index in [1.807, 2.05) is 30.3 Å². The van der Waals surface area contributed by atoms with Crippen LogP contribution in [0.15, 0.2) is 30.3 Å². The third-order valence-electron chi connectivity index (χ3n) is 4.88. The number of hydrogen-bond donors (Lipinski definition) is 0. The Bertz CT molecular complexity index is 606. The van der Waals surface area contributed by atoms with Crippen molar-refractivity contribution in [3.05, 3.63) is 35.9 Å². The molecule has 1 aromatic rings. The SMILES string of the molecule is C[Si](C)(C)CCC1(CC[Si](C)(C)C)C(=O)OC(c2ccccc2)OC1=O. The molecule has 0 atom stereocenters. The summed E-state index contributed by atoms with van der Waals surface area (Å²) in [6.07, 6.45) is 0.141. The Morgan fingerprint density at radius 2 is 1.23 bits per heavy atom. The first-order valence-electron chi connectivity index (χ1n) is 9.40. The van der Waals surface area contributed by atoms with Gasteiger partial charge in [-0.3, -0.25) is 9.59 Å². The van der Waals surface area contributed by atoms with Gasteiger partial charge in [0, 0.05) is 21.7 Å². The van der Waals surface area contributed by atoms with Gasteiger partial charge in [-0.25, -0.2) is 0 Å². The normalized spacial score (nSPS) is 18.4. The highest BCUT2D eigenvalue weighted by atomic mass is 28.3. The predicted molar refractivity (Wildman–Crippen MR) is 109 cm³/mol. The van der Waals surface area contributed by atoms with E-state index in [1.54, 1.807) is 0 Å². The molecule has 1 saturated heterocycles. The van der Waals surface area contributed by atoms with Crippen molar-refractivity contribution < 1.29 is 19.1 Å². The lowest BCUT2D eigenvalue weighted by Gasteiger charge is -2.38. The van der Waals surface area contributed by atoms with Crippen LogP contribution in [0.5, 0.6) is 0 Å². The molecule has 1 aliphatic rings. The molecule has 0 N–H and O–H groups in total. The Labute approximate surface area is 159 Å². The van der Waals surface area contributed by atoms with Gasteiger partial charge < -0.3 is 9.47 Å². The summed E-state index contributed by atoms with van der Waals surface area (Å²) in [4.78, 5) is 26.1. The van der Waals surface area contributed by atoms with Crippen molar-refractivity contribution in [3.63, 3.8) is 0 Å². The van der Waals surface area contributed by atoms with Gasteiger partial charge in [-0.2, -0.15) is 0 Å². The fraction of sp³-hybridized carbons (Fsp3) is 0.600. The molecule has 4 nitrogen and oxygen atoms in total. The first-order valence-corrected chi connectivity index (χ1v) is 16.8. The topological polar surface area (TPSA) is 52.6 Å². The second-order valence-corrected chi connectivity index (χ2v) is 21.0. The summed E-state index contributed by atoms with van der Waals surface area (Å²) in [7, 11) is -2.81. The van der Waals surface area contributed by atoms with Crippen molar-refractivity contribution in [2.75, 3.05) is 0 Å². The molecule has 0 amide bonds. The number of carbonyl (C=O) groups excluding carboxylic acids is 2. The van der Waals surface area contributed by atoms with Crippen LogP contribution < -0.4 is 0 Å². The molecule has 0 aromatic heterocycles. The van der Waals surface area contributed by atoms with Crippen LogP contribution in [0.4, 0.5) is 0 Å². The van der Waals surface area contributed by atoms with Gasteiger partial charge >= 0.3 is 11.9 Å². The Morgan fingerprint density at radius 1 is 0.808 bits per heavy atom. The van der Waals surface area contributed by atoms with Crippen LogP contribution in [0.1, 0.15) is 24.7 Å². The van der Waals surface area contributed by atoms with Crippen molar-refractivity contribution in [1.82, 2.24) is 0 Å². The number of rotatable bonds is 7. The summed E-state index contributed by atoms with van der Waals surface area (Å²) in [6, 6.07) is 11.0. The zero-order valence-electron chi connectivity index (χ0n) is 16.9. The molecule has 1 fully saturated rings. The molecule has 0 spiro atoms. The van der Waals surface area contributed by atoms with E-state index >= 15 is 0 Å². The fourth-order valence-electron chi connectivity index (χ4n) is 2.98. The number of benzene rings is 1. The number of carbonyl (C=O) groups is 2. The maximum atomic E-state index is 13.1. The van der Waals surface area contributed by atoms with E-state index in [0.29, 0.717) is 18.4 Å². The summed E-state index contributed by atoms with van der Waals surface area (Å²) in [5.41, 5.74) is -0.440. The van der Waals surface area contributed by atoms with E-state index in [0.717, 1.165) is 12.1 Å². The number of esters is 2. The molecule has 2 rings (SSSR count). The summed E-state index contributed by atoms with van der Waals surface area (Å²) in [6.45, 7) is 13.5. The minimum absolute atomic E-state index is 0.404. The van der Waals surface area contributed by atoms with Gasteiger partial charge in [0.15, 0.2) is 5.41 Å². The molecule has 0 unspecified atom stereocenters. The summed E-state index contributed by atoms with van der Waals surface area (Å²) in [5, 5.41) is 0. The van der Waals surface area contributed by atoms with Gasteiger partial charge in [0.25, 0.3) is 6.29 Å². The molecule has 1 aromatic carbocycles. The minimum Gasteiger partial charge on any atom is -0.420 e. The molecule has 1 aliphatic heterocycles. The molecule has 1 heterocycles. The van der Waals surface area contributed by atoms with Gasteiger partial charge in [0.1, 0.15) is 0 Å². The Hall–Kier alpha value is -1.41. The van der Waals surface area contributed by atoms with Crippen molar-refractivity contribution in [3.8, 4) is 0 Å². The first kappa shape index (κ1) is 20.9. The highest BCUT2D eigenvalue weighted by molar-refractivity contribution is 6.76. The van der Waals surface area contributed by atoms with Crippen molar-refractivity contribution in [2.24, 2.45) is 5.41 Å². The molecule has 0 saturated carbocycles. The Kier molecular flexibility index (Phi) is 6.18. The highest BCUT2D eigenvalue weighted by Gasteiger charge is 2.54. The van der Waals surface area contributed by atoms with E-state index in [2.05, 4.69) is 39.3 Å². The lowest BCUT2D eigenvalue weighted by molar-refractivity contribution is -0.226. The van der Waals surface area contributed by atoms with Crippen LogP contribution in [0.3, 0.4) is 0 Å². The van der Waals surface area contributed by atoms with Crippen molar-refractivity contribution in [1.29, 1.82) is 0 Å². The zero-order chi connectivity index (χ0) is 19.6. The maximum absolute atomic E-state index is 13.1. The quantitative estimate of drug-likeness (QED) is 0.362. The summed E-state index contributed by atoms with van der Waals surface area (Å²) < 4.78 is 11.3. The molecule has 26 heavy (non-hydrogen) atoms. The van der Waals surface area contributed by atoms with Crippen LogP contribution >= 0.6 is 0 Å². The Balaban J connectivity index is 2.26. The zero-order valence-corrected chi connectivity index (χ0v) is 18.9. The Morgan fingerprint density at radius 3 is 1.62 bits per heavy atom. The van der Waals surface area contributed by atoms with Gasteiger partial charge in [0.2, 0.25) is 0 Å². The smallest absolute Gasteiger partial charge is 0.326 e. The second kappa shape index (κ2) is 7.68. The molecule has 0 aliphatic carbocycles. The molecule has 0 radical (unpaired) electrons. The fourth-order valence-corrected chi connectivity index (χ4v) is 5.34. The van der Waals surface area contributed by atoms with Crippen LogP contribution in [-0.2, 0) is 19.1 Å². The van der Waals surface area contributed by atoms with E-state index in [9.17, 15) is 9.59 Å². The van der Waals surface area contributed by atoms with Gasteiger partial charge in [-0.1, -0.05) is 81.7 Å². The predicted octanol–water partition coefficient (Wildman–Crippen LogP) is 5.23. The van der Waals surface area contributed by atoms with Crippen molar-refractivity contribution >= 4 is 28.1 Å². The average Bonchev–Trinajstić information content (AvgIpc) is 2.52. The maximum Gasteiger partial charge on any atom is 0.326 e. The lowest BCUT2D eigenvalue weighted by atomic mass is 9.81. The van der Waals surface area contributed by atoms with E-state index in [4.69, 9.17) is 9.47 Å². The second-order valence-electron chi connectivity index (χ2n) is 9.76. The van der Waals surface area contributed by atoms with Gasteiger partial charge in [-0.05, 0) is 12.8 Å². The minimum atomic E-state index is -1.41. The van der Waals surface area contributed by atoms with E-state index in [1.165, 1.54) is 0 Å². The van der Waals surface area contributed by atoms with Crippen LogP contribution in [-0.4, -0.2) is 28.1 Å². The largest absolute Gasteiger partial charge is 0.420 e. The van der Waals surface area contributed by atoms with Crippen LogP contribution in [0.2, 0.25) is 51.4 Å². The average molecular weight is 393 g/mol. The van der Waals surface area contributed by atoms with E-state index in [-0.39, 0.29) is 0 Å².